The van der Waals surface area contributed by atoms with E-state index in [0.29, 0.717) is 18.4 Å². The maximum atomic E-state index is 13.1. The van der Waals surface area contributed by atoms with Crippen molar-refractivity contribution in [2.75, 3.05) is 0 Å². The molecule has 0 atom stereocenters. The second kappa shape index (κ2) is 6.52. The zero-order valence-electron chi connectivity index (χ0n) is 9.32. The van der Waals surface area contributed by atoms with Crippen LogP contribution < -0.4 is 0 Å². The molecule has 80 valence electrons. The van der Waals surface area contributed by atoms with Crippen LogP contribution in [-0.4, -0.2) is 0 Å². The van der Waals surface area contributed by atoms with Gasteiger partial charge in [-0.1, -0.05) is 27.7 Å². The first-order valence-electron chi connectivity index (χ1n) is 5.15. The van der Waals surface area contributed by atoms with Gasteiger partial charge in [0.15, 0.2) is 0 Å². The summed E-state index contributed by atoms with van der Waals surface area (Å²) in [7, 11) is 0. The van der Waals surface area contributed by atoms with Crippen molar-refractivity contribution in [3.63, 3.8) is 0 Å². The van der Waals surface area contributed by atoms with Gasteiger partial charge in [0.2, 0.25) is 0 Å². The first kappa shape index (κ1) is 13.1. The average Bonchev–Trinajstić information content (AvgIpc) is 2.19. The predicted molar refractivity (Wildman–Crippen MR) is 56.5 cm³/mol. The zero-order chi connectivity index (χ0) is 11.1. The standard InChI is InChI=1S/C10H12F2.C2H6/c1-3-7-5-8(11)6-10(12)9(7)4-2;1-2/h5-6H,3-4H2,1-2H3;1-2H3. The molecule has 1 aromatic carbocycles. The highest BCUT2D eigenvalue weighted by atomic mass is 19.1. The minimum atomic E-state index is -0.485. The summed E-state index contributed by atoms with van der Waals surface area (Å²) < 4.78 is 25.7. The Hall–Kier alpha value is -0.920. The van der Waals surface area contributed by atoms with Crippen LogP contribution in [0.25, 0.3) is 0 Å². The van der Waals surface area contributed by atoms with Crippen molar-refractivity contribution in [3.05, 3.63) is 34.9 Å². The van der Waals surface area contributed by atoms with Gasteiger partial charge in [-0.15, -0.1) is 0 Å². The molecule has 0 nitrogen and oxygen atoms in total. The minimum absolute atomic E-state index is 0.422. The van der Waals surface area contributed by atoms with Crippen LogP contribution in [0.5, 0.6) is 0 Å². The molecule has 0 heterocycles. The molecule has 0 unspecified atom stereocenters. The summed E-state index contributed by atoms with van der Waals surface area (Å²) in [5, 5.41) is 0. The van der Waals surface area contributed by atoms with Gasteiger partial charge in [-0.3, -0.25) is 0 Å². The van der Waals surface area contributed by atoms with Crippen molar-refractivity contribution < 1.29 is 8.78 Å². The van der Waals surface area contributed by atoms with Gasteiger partial charge in [0.1, 0.15) is 11.6 Å². The molecule has 0 radical (unpaired) electrons. The Morgan fingerprint density at radius 1 is 1.00 bits per heavy atom. The molecule has 0 aliphatic rings. The molecule has 0 bridgehead atoms. The van der Waals surface area contributed by atoms with Crippen LogP contribution in [0.15, 0.2) is 12.1 Å². The zero-order valence-corrected chi connectivity index (χ0v) is 9.32. The van der Waals surface area contributed by atoms with Crippen LogP contribution >= 0.6 is 0 Å². The summed E-state index contributed by atoms with van der Waals surface area (Å²) in [4.78, 5) is 0. The molecule has 2 heteroatoms. The quantitative estimate of drug-likeness (QED) is 0.673. The van der Waals surface area contributed by atoms with Crippen LogP contribution in [0.2, 0.25) is 0 Å². The molecule has 14 heavy (non-hydrogen) atoms. The molecule has 0 aromatic heterocycles. The van der Waals surface area contributed by atoms with E-state index in [1.54, 1.807) is 0 Å². The number of benzene rings is 1. The maximum absolute atomic E-state index is 13.1. The normalized spacial score (nSPS) is 9.29. The molecule has 0 spiro atoms. The van der Waals surface area contributed by atoms with Gasteiger partial charge in [-0.2, -0.15) is 0 Å². The Bertz CT molecular complexity index is 280. The largest absolute Gasteiger partial charge is 0.207 e. The smallest absolute Gasteiger partial charge is 0.129 e. The summed E-state index contributed by atoms with van der Waals surface area (Å²) in [6.45, 7) is 7.77. The van der Waals surface area contributed by atoms with Gasteiger partial charge < -0.3 is 0 Å². The van der Waals surface area contributed by atoms with Crippen molar-refractivity contribution in [1.82, 2.24) is 0 Å². The highest BCUT2D eigenvalue weighted by Crippen LogP contribution is 2.16. The van der Waals surface area contributed by atoms with Crippen molar-refractivity contribution >= 4 is 0 Å². The second-order valence-corrected chi connectivity index (χ2v) is 2.73. The first-order valence-corrected chi connectivity index (χ1v) is 5.15. The summed E-state index contributed by atoms with van der Waals surface area (Å²) in [5.74, 6) is -0.907. The lowest BCUT2D eigenvalue weighted by Gasteiger charge is -2.06. The Balaban J connectivity index is 0.000000791. The second-order valence-electron chi connectivity index (χ2n) is 2.73. The third-order valence-electron chi connectivity index (χ3n) is 1.99. The molecule has 0 fully saturated rings. The highest BCUT2D eigenvalue weighted by molar-refractivity contribution is 5.29. The number of halogens is 2. The van der Waals surface area contributed by atoms with E-state index in [1.807, 2.05) is 27.7 Å². The lowest BCUT2D eigenvalue weighted by molar-refractivity contribution is 0.569. The lowest BCUT2D eigenvalue weighted by atomic mass is 10.0. The molecular weight excluding hydrogens is 182 g/mol. The number of hydrogen-bond acceptors (Lipinski definition) is 0. The van der Waals surface area contributed by atoms with Gasteiger partial charge in [0.05, 0.1) is 0 Å². The van der Waals surface area contributed by atoms with E-state index in [0.717, 1.165) is 11.6 Å². The van der Waals surface area contributed by atoms with E-state index in [-0.39, 0.29) is 0 Å². The van der Waals surface area contributed by atoms with Crippen molar-refractivity contribution in [2.45, 2.75) is 40.5 Å². The Kier molecular flexibility index (Phi) is 6.09. The van der Waals surface area contributed by atoms with Crippen molar-refractivity contribution in [2.24, 2.45) is 0 Å². The third kappa shape index (κ3) is 3.09. The van der Waals surface area contributed by atoms with E-state index in [2.05, 4.69) is 0 Å². The van der Waals surface area contributed by atoms with Gasteiger partial charge in [0.25, 0.3) is 0 Å². The summed E-state index contributed by atoms with van der Waals surface area (Å²) in [6.07, 6.45) is 1.30. The predicted octanol–water partition coefficient (Wildman–Crippen LogP) is 4.12. The van der Waals surface area contributed by atoms with E-state index in [1.165, 1.54) is 6.07 Å². The van der Waals surface area contributed by atoms with Crippen LogP contribution in [0.1, 0.15) is 38.8 Å². The third-order valence-corrected chi connectivity index (χ3v) is 1.99. The fourth-order valence-electron chi connectivity index (χ4n) is 1.37. The van der Waals surface area contributed by atoms with Crippen LogP contribution in [0, 0.1) is 11.6 Å². The van der Waals surface area contributed by atoms with E-state index in [9.17, 15) is 8.78 Å². The number of aryl methyl sites for hydroxylation is 1. The monoisotopic (exact) mass is 200 g/mol. The van der Waals surface area contributed by atoms with Gasteiger partial charge in [-0.05, 0) is 30.0 Å². The molecule has 1 rings (SSSR count). The van der Waals surface area contributed by atoms with E-state index >= 15 is 0 Å². The molecule has 1 aromatic rings. The molecular formula is C12H18F2. The summed E-state index contributed by atoms with van der Waals surface area (Å²) >= 11 is 0. The van der Waals surface area contributed by atoms with Gasteiger partial charge >= 0.3 is 0 Å². The summed E-state index contributed by atoms with van der Waals surface area (Å²) in [6, 6.07) is 2.35. The van der Waals surface area contributed by atoms with E-state index < -0.39 is 11.6 Å². The average molecular weight is 200 g/mol. The van der Waals surface area contributed by atoms with E-state index in [4.69, 9.17) is 0 Å². The number of rotatable bonds is 2. The molecule has 0 amide bonds. The van der Waals surface area contributed by atoms with Crippen LogP contribution in [0.4, 0.5) is 8.78 Å². The molecule has 0 saturated heterocycles. The molecule has 0 aliphatic carbocycles. The molecule has 0 aliphatic heterocycles. The topological polar surface area (TPSA) is 0 Å². The minimum Gasteiger partial charge on any atom is -0.207 e. The number of hydrogen-bond donors (Lipinski definition) is 0. The molecule has 0 saturated carbocycles. The van der Waals surface area contributed by atoms with Crippen molar-refractivity contribution in [1.29, 1.82) is 0 Å². The van der Waals surface area contributed by atoms with Crippen LogP contribution in [-0.2, 0) is 12.8 Å². The fraction of sp³-hybridized carbons (Fsp3) is 0.500. The van der Waals surface area contributed by atoms with Crippen LogP contribution in [0.3, 0.4) is 0 Å². The first-order chi connectivity index (χ1) is 6.69. The van der Waals surface area contributed by atoms with Gasteiger partial charge in [0, 0.05) is 6.07 Å². The Morgan fingerprint density at radius 2 is 1.57 bits per heavy atom. The highest BCUT2D eigenvalue weighted by Gasteiger charge is 2.07. The van der Waals surface area contributed by atoms with Gasteiger partial charge in [-0.25, -0.2) is 8.78 Å². The SMILES string of the molecule is CC.CCc1cc(F)cc(F)c1CC. The maximum Gasteiger partial charge on any atom is 0.129 e. The summed E-state index contributed by atoms with van der Waals surface area (Å²) in [5.41, 5.74) is 1.41. The molecule has 0 N–H and O–H groups in total. The van der Waals surface area contributed by atoms with Crippen molar-refractivity contribution in [3.8, 4) is 0 Å². The fourth-order valence-corrected chi connectivity index (χ4v) is 1.37. The Labute approximate surface area is 85.0 Å². The lowest BCUT2D eigenvalue weighted by Crippen LogP contribution is -1.97. The Morgan fingerprint density at radius 3 is 2.00 bits per heavy atom.